The highest BCUT2D eigenvalue weighted by molar-refractivity contribution is 7.87. The lowest BCUT2D eigenvalue weighted by atomic mass is 9.91. The number of hydrogen-bond donors (Lipinski definition) is 2. The van der Waals surface area contributed by atoms with Gasteiger partial charge in [-0.15, -0.1) is 0 Å². The molecule has 1 aliphatic carbocycles. The third-order valence-corrected chi connectivity index (χ3v) is 5.08. The number of fused-ring (bicyclic) bond motifs is 1. The maximum absolute atomic E-state index is 13.2. The number of halogens is 2. The summed E-state index contributed by atoms with van der Waals surface area (Å²) in [5, 5.41) is 4.55. The lowest BCUT2D eigenvalue weighted by Gasteiger charge is -2.35. The minimum Gasteiger partial charge on any atom is -0.457 e. The number of aliphatic hydroxyl groups is 1. The van der Waals surface area contributed by atoms with Crippen LogP contribution >= 0.6 is 0 Å². The van der Waals surface area contributed by atoms with Gasteiger partial charge in [-0.2, -0.15) is 17.2 Å². The van der Waals surface area contributed by atoms with Crippen LogP contribution in [0.2, 0.25) is 0 Å². The average molecular weight is 388 g/mol. The number of hydrogen-bond acceptors (Lipinski definition) is 9. The van der Waals surface area contributed by atoms with Gasteiger partial charge in [0.05, 0.1) is 0 Å². The quantitative estimate of drug-likeness (QED) is 0.470. The zero-order valence-corrected chi connectivity index (χ0v) is 13.3. The fourth-order valence-electron chi connectivity index (χ4n) is 2.94. The summed E-state index contributed by atoms with van der Waals surface area (Å²) in [6, 6.07) is 0. The number of alkyl halides is 2. The molecule has 0 aromatic carbocycles. The Morgan fingerprint density at radius 2 is 1.88 bits per heavy atom. The van der Waals surface area contributed by atoms with Gasteiger partial charge in [0.15, 0.2) is 18.0 Å². The van der Waals surface area contributed by atoms with Crippen LogP contribution in [0.1, 0.15) is 25.7 Å². The van der Waals surface area contributed by atoms with Gasteiger partial charge in [0.25, 0.3) is 0 Å². The van der Waals surface area contributed by atoms with E-state index < -0.39 is 57.7 Å². The molecule has 3 fully saturated rings. The Labute approximate surface area is 139 Å². The molecule has 0 bridgehead atoms. The smallest absolute Gasteiger partial charge is 0.457 e. The van der Waals surface area contributed by atoms with Gasteiger partial charge >= 0.3 is 27.3 Å². The molecule has 0 amide bonds. The molecule has 13 heteroatoms. The van der Waals surface area contributed by atoms with Gasteiger partial charge in [0.2, 0.25) is 6.29 Å². The fourth-order valence-corrected chi connectivity index (χ4v) is 3.20. The van der Waals surface area contributed by atoms with Crippen LogP contribution in [-0.2, 0) is 38.7 Å². The standard InChI is InChI=1S/C12H14F2O10S/c13-12(14,25(18,19)20)10(17)21-5-1-3-11(4-2-5)23-7-6(15)8(16)22-9(7)24-11/h5-7,9,15H,1-4H2,(H,18,19,20). The Bertz CT molecular complexity index is 684. The predicted octanol–water partition coefficient (Wildman–Crippen LogP) is -0.692. The van der Waals surface area contributed by atoms with Crippen LogP contribution in [0.15, 0.2) is 0 Å². The Balaban J connectivity index is 1.57. The van der Waals surface area contributed by atoms with Crippen molar-refractivity contribution in [3.8, 4) is 0 Å². The summed E-state index contributed by atoms with van der Waals surface area (Å²) in [5.74, 6) is -4.46. The predicted molar refractivity (Wildman–Crippen MR) is 69.4 cm³/mol. The van der Waals surface area contributed by atoms with E-state index >= 15 is 0 Å². The van der Waals surface area contributed by atoms with Gasteiger partial charge in [0, 0.05) is 12.8 Å². The van der Waals surface area contributed by atoms with E-state index in [-0.39, 0.29) is 25.7 Å². The summed E-state index contributed by atoms with van der Waals surface area (Å²) in [4.78, 5) is 22.4. The van der Waals surface area contributed by atoms with Crippen LogP contribution in [0.25, 0.3) is 0 Å². The fraction of sp³-hybridized carbons (Fsp3) is 0.833. The molecule has 0 aromatic rings. The maximum atomic E-state index is 13.2. The van der Waals surface area contributed by atoms with Gasteiger partial charge in [-0.1, -0.05) is 0 Å². The minimum absolute atomic E-state index is 0.00320. The van der Waals surface area contributed by atoms with Crippen molar-refractivity contribution < 1.29 is 55.4 Å². The molecule has 3 unspecified atom stereocenters. The first-order valence-electron chi connectivity index (χ1n) is 7.25. The van der Waals surface area contributed by atoms with Crippen LogP contribution < -0.4 is 0 Å². The summed E-state index contributed by atoms with van der Waals surface area (Å²) in [5.41, 5.74) is 0. The van der Waals surface area contributed by atoms with E-state index in [4.69, 9.17) is 18.8 Å². The molecular formula is C12H14F2O10S. The second kappa shape index (κ2) is 5.81. The van der Waals surface area contributed by atoms with Crippen molar-refractivity contribution in [3.05, 3.63) is 0 Å². The summed E-state index contributed by atoms with van der Waals surface area (Å²) < 4.78 is 76.0. The second-order valence-corrected chi connectivity index (χ2v) is 7.42. The van der Waals surface area contributed by atoms with Crippen molar-refractivity contribution in [2.24, 2.45) is 0 Å². The minimum atomic E-state index is -5.93. The highest BCUT2D eigenvalue weighted by atomic mass is 32.2. The molecule has 10 nitrogen and oxygen atoms in total. The van der Waals surface area contributed by atoms with E-state index in [9.17, 15) is 31.9 Å². The van der Waals surface area contributed by atoms with Crippen molar-refractivity contribution in [2.75, 3.05) is 0 Å². The number of esters is 2. The maximum Gasteiger partial charge on any atom is 0.465 e. The second-order valence-electron chi connectivity index (χ2n) is 5.96. The first-order chi connectivity index (χ1) is 11.5. The molecule has 142 valence electrons. The molecule has 2 N–H and O–H groups in total. The zero-order valence-electron chi connectivity index (χ0n) is 12.5. The lowest BCUT2D eigenvalue weighted by Crippen LogP contribution is -2.44. The van der Waals surface area contributed by atoms with E-state index in [2.05, 4.69) is 4.74 Å². The molecule has 3 aliphatic rings. The topological polar surface area (TPSA) is 146 Å². The molecule has 0 radical (unpaired) electrons. The number of ether oxygens (including phenoxy) is 4. The van der Waals surface area contributed by atoms with Crippen molar-refractivity contribution in [2.45, 2.75) is 61.3 Å². The molecule has 0 aromatic heterocycles. The van der Waals surface area contributed by atoms with Crippen molar-refractivity contribution >= 4 is 22.1 Å². The van der Waals surface area contributed by atoms with E-state index in [0.717, 1.165) is 0 Å². The number of rotatable bonds is 3. The van der Waals surface area contributed by atoms with Crippen LogP contribution in [0.3, 0.4) is 0 Å². The summed E-state index contributed by atoms with van der Waals surface area (Å²) in [6.45, 7) is 0. The molecule has 25 heavy (non-hydrogen) atoms. The molecule has 1 spiro atoms. The van der Waals surface area contributed by atoms with Crippen LogP contribution in [0.5, 0.6) is 0 Å². The van der Waals surface area contributed by atoms with Gasteiger partial charge in [-0.05, 0) is 12.8 Å². The van der Waals surface area contributed by atoms with Crippen LogP contribution in [-0.4, -0.2) is 65.7 Å². The Hall–Kier alpha value is -1.41. The third kappa shape index (κ3) is 3.10. The zero-order chi connectivity index (χ0) is 18.6. The molecule has 3 atom stereocenters. The molecular weight excluding hydrogens is 374 g/mol. The first kappa shape index (κ1) is 18.4. The van der Waals surface area contributed by atoms with Crippen molar-refractivity contribution in [1.82, 2.24) is 0 Å². The average Bonchev–Trinajstić information content (AvgIpc) is 2.97. The van der Waals surface area contributed by atoms with Crippen LogP contribution in [0, 0.1) is 0 Å². The van der Waals surface area contributed by atoms with Crippen molar-refractivity contribution in [1.29, 1.82) is 0 Å². The monoisotopic (exact) mass is 388 g/mol. The molecule has 2 aliphatic heterocycles. The molecule has 3 rings (SSSR count). The molecule has 1 saturated carbocycles. The number of aliphatic hydroxyl groups excluding tert-OH is 1. The van der Waals surface area contributed by atoms with E-state index in [1.54, 1.807) is 0 Å². The summed E-state index contributed by atoms with van der Waals surface area (Å²) in [6.07, 6.45) is -4.48. The van der Waals surface area contributed by atoms with Crippen LogP contribution in [0.4, 0.5) is 8.78 Å². The largest absolute Gasteiger partial charge is 0.465 e. The Kier molecular flexibility index (Phi) is 4.27. The number of carbonyl (C=O) groups is 2. The Morgan fingerprint density at radius 3 is 2.40 bits per heavy atom. The van der Waals surface area contributed by atoms with E-state index in [1.165, 1.54) is 0 Å². The summed E-state index contributed by atoms with van der Waals surface area (Å²) in [7, 11) is -5.93. The summed E-state index contributed by atoms with van der Waals surface area (Å²) >= 11 is 0. The van der Waals surface area contributed by atoms with E-state index in [0.29, 0.717) is 0 Å². The van der Waals surface area contributed by atoms with Gasteiger partial charge in [0.1, 0.15) is 6.10 Å². The van der Waals surface area contributed by atoms with E-state index in [1.807, 2.05) is 0 Å². The normalized spacial score (nSPS) is 38.5. The third-order valence-electron chi connectivity index (χ3n) is 4.26. The lowest BCUT2D eigenvalue weighted by molar-refractivity contribution is -0.241. The van der Waals surface area contributed by atoms with Gasteiger partial charge in [-0.3, -0.25) is 4.55 Å². The highest BCUT2D eigenvalue weighted by Gasteiger charge is 2.60. The highest BCUT2D eigenvalue weighted by Crippen LogP contribution is 2.44. The van der Waals surface area contributed by atoms with Gasteiger partial charge in [-0.25, -0.2) is 9.59 Å². The van der Waals surface area contributed by atoms with Crippen molar-refractivity contribution in [3.63, 3.8) is 0 Å². The molecule has 2 heterocycles. The number of carbonyl (C=O) groups excluding carboxylic acids is 2. The first-order valence-corrected chi connectivity index (χ1v) is 8.69. The molecule has 2 saturated heterocycles. The van der Waals surface area contributed by atoms with Gasteiger partial charge < -0.3 is 24.1 Å². The SMILES string of the molecule is O=C1OC2OC3(CCC(OC(=O)C(F)(F)S(=O)(=O)O)CC3)OC2C1O. The Morgan fingerprint density at radius 1 is 1.28 bits per heavy atom.